The number of hydrogen-bond donors (Lipinski definition) is 1. The molecule has 0 aliphatic carbocycles. The second-order valence-corrected chi connectivity index (χ2v) is 5.63. The van der Waals surface area contributed by atoms with Crippen molar-refractivity contribution in [1.82, 2.24) is 9.88 Å². The smallest absolute Gasteiger partial charge is 0.337 e. The molecule has 0 radical (unpaired) electrons. The summed E-state index contributed by atoms with van der Waals surface area (Å²) >= 11 is 0. The van der Waals surface area contributed by atoms with Gasteiger partial charge in [0.1, 0.15) is 0 Å². The van der Waals surface area contributed by atoms with Crippen LogP contribution in [0.3, 0.4) is 0 Å². The summed E-state index contributed by atoms with van der Waals surface area (Å²) in [6, 6.07) is 1.37. The molecule has 1 aliphatic heterocycles. The maximum absolute atomic E-state index is 12.8. The van der Waals surface area contributed by atoms with Crippen LogP contribution in [0.2, 0.25) is 0 Å². The van der Waals surface area contributed by atoms with E-state index < -0.39 is 5.97 Å². The molecular weight excluding hydrogens is 415 g/mol. The normalized spacial score (nSPS) is 12.9. The summed E-state index contributed by atoms with van der Waals surface area (Å²) in [6.07, 6.45) is 4.68. The molecule has 0 unspecified atom stereocenters. The number of carbonyl (C=O) groups is 2. The molecular formula is C17H21N4O3Pd-. The van der Waals surface area contributed by atoms with Crippen molar-refractivity contribution in [3.8, 4) is 0 Å². The Morgan fingerprint density at radius 2 is 1.92 bits per heavy atom. The van der Waals surface area contributed by atoms with Crippen molar-refractivity contribution in [3.63, 3.8) is 0 Å². The first-order valence-corrected chi connectivity index (χ1v) is 7.98. The first-order valence-electron chi connectivity index (χ1n) is 7.98. The van der Waals surface area contributed by atoms with Gasteiger partial charge in [0.2, 0.25) is 5.91 Å². The minimum Gasteiger partial charge on any atom is -0.485 e. The van der Waals surface area contributed by atoms with Crippen LogP contribution in [0.15, 0.2) is 22.8 Å². The van der Waals surface area contributed by atoms with Gasteiger partial charge in [-0.3, -0.25) is 9.78 Å². The molecule has 0 atom stereocenters. The van der Waals surface area contributed by atoms with E-state index in [-0.39, 0.29) is 44.1 Å². The fraction of sp³-hybridized carbons (Fsp3) is 0.412. The third-order valence-electron chi connectivity index (χ3n) is 3.62. The number of carbonyl (C=O) groups excluding carboxylic acids is 1. The molecule has 0 spiro atoms. The third-order valence-corrected chi connectivity index (χ3v) is 3.62. The molecule has 138 valence electrons. The Balaban J connectivity index is 0.00000312. The Labute approximate surface area is 160 Å². The summed E-state index contributed by atoms with van der Waals surface area (Å²) in [7, 11) is 0. The average Bonchev–Trinajstić information content (AvgIpc) is 2.71. The first-order chi connectivity index (χ1) is 11.5. The zero-order chi connectivity index (χ0) is 17.7. The summed E-state index contributed by atoms with van der Waals surface area (Å²) in [6.45, 7) is 5.34. The zero-order valence-electron chi connectivity index (χ0n) is 14.2. The fourth-order valence-electron chi connectivity index (χ4n) is 2.56. The quantitative estimate of drug-likeness (QED) is 0.692. The van der Waals surface area contributed by atoms with Gasteiger partial charge in [0.05, 0.1) is 11.3 Å². The number of aromatic carboxylic acids is 1. The fourth-order valence-corrected chi connectivity index (χ4v) is 2.56. The Kier molecular flexibility index (Phi) is 7.94. The SMILES string of the molecule is CCCN(CCC)C(=O)C1=Cc2ncc(C(=O)O)cc2N=C([NH-])C1.[Pd]. The molecule has 0 bridgehead atoms. The third kappa shape index (κ3) is 5.22. The molecule has 7 nitrogen and oxygen atoms in total. The summed E-state index contributed by atoms with van der Waals surface area (Å²) < 4.78 is 0. The number of amides is 1. The number of fused-ring (bicyclic) bond motifs is 1. The molecule has 0 fully saturated rings. The second kappa shape index (κ2) is 9.45. The van der Waals surface area contributed by atoms with Crippen LogP contribution < -0.4 is 0 Å². The molecule has 0 aromatic carbocycles. The number of nitrogens with zero attached hydrogens (tertiary/aromatic N) is 3. The molecule has 2 rings (SSSR count). The van der Waals surface area contributed by atoms with Crippen molar-refractivity contribution in [1.29, 1.82) is 0 Å². The van der Waals surface area contributed by atoms with E-state index in [2.05, 4.69) is 9.98 Å². The summed E-state index contributed by atoms with van der Waals surface area (Å²) in [5, 5.41) is 9.04. The predicted molar refractivity (Wildman–Crippen MR) is 92.4 cm³/mol. The van der Waals surface area contributed by atoms with Crippen molar-refractivity contribution in [2.24, 2.45) is 4.99 Å². The van der Waals surface area contributed by atoms with Gasteiger partial charge >= 0.3 is 5.97 Å². The van der Waals surface area contributed by atoms with Crippen LogP contribution in [0, 0.1) is 0 Å². The van der Waals surface area contributed by atoms with E-state index in [4.69, 9.17) is 10.8 Å². The number of amidine groups is 1. The molecule has 2 heterocycles. The molecule has 8 heteroatoms. The number of carboxylic acid groups (broad SMARTS) is 1. The van der Waals surface area contributed by atoms with E-state index in [1.807, 2.05) is 13.8 Å². The maximum atomic E-state index is 12.8. The predicted octanol–water partition coefficient (Wildman–Crippen LogP) is 3.30. The van der Waals surface area contributed by atoms with Gasteiger partial charge < -0.3 is 20.7 Å². The Morgan fingerprint density at radius 3 is 2.48 bits per heavy atom. The molecule has 1 aromatic heterocycles. The van der Waals surface area contributed by atoms with E-state index >= 15 is 0 Å². The van der Waals surface area contributed by atoms with Crippen LogP contribution in [0.25, 0.3) is 11.8 Å². The van der Waals surface area contributed by atoms with Crippen LogP contribution in [-0.2, 0) is 25.2 Å². The van der Waals surface area contributed by atoms with Gasteiger partial charge in [-0.2, -0.15) is 0 Å². The monoisotopic (exact) mass is 435 g/mol. The molecule has 1 aromatic rings. The van der Waals surface area contributed by atoms with Crippen LogP contribution in [0.1, 0.15) is 49.2 Å². The van der Waals surface area contributed by atoms with E-state index in [1.165, 1.54) is 12.3 Å². The number of aliphatic imine (C=N–C) groups is 1. The Bertz CT molecular complexity index is 710. The van der Waals surface area contributed by atoms with Gasteiger partial charge in [0.15, 0.2) is 0 Å². The van der Waals surface area contributed by atoms with Crippen molar-refractivity contribution in [2.45, 2.75) is 33.1 Å². The summed E-state index contributed by atoms with van der Waals surface area (Å²) in [4.78, 5) is 33.8. The number of nitrogens with one attached hydrogen (secondary N) is 1. The first kappa shape index (κ1) is 21.0. The number of pyridine rings is 1. The molecule has 25 heavy (non-hydrogen) atoms. The minimum absolute atomic E-state index is 0. The maximum Gasteiger partial charge on any atom is 0.337 e. The van der Waals surface area contributed by atoms with Gasteiger partial charge in [-0.15, -0.1) is 0 Å². The summed E-state index contributed by atoms with van der Waals surface area (Å²) in [5.41, 5.74) is 9.14. The van der Waals surface area contributed by atoms with Crippen LogP contribution >= 0.6 is 0 Å². The molecule has 2 N–H and O–H groups in total. The summed E-state index contributed by atoms with van der Waals surface area (Å²) in [5.74, 6) is -1.20. The van der Waals surface area contributed by atoms with Crippen molar-refractivity contribution in [2.75, 3.05) is 13.1 Å². The number of carboxylic acids is 1. The van der Waals surface area contributed by atoms with Gasteiger partial charge in [0.25, 0.3) is 0 Å². The van der Waals surface area contributed by atoms with E-state index in [0.29, 0.717) is 30.0 Å². The van der Waals surface area contributed by atoms with E-state index in [1.54, 1.807) is 11.0 Å². The van der Waals surface area contributed by atoms with Gasteiger partial charge in [0, 0.05) is 45.3 Å². The number of rotatable bonds is 6. The Morgan fingerprint density at radius 1 is 1.28 bits per heavy atom. The standard InChI is InChI=1S/C17H22N4O3.Pd/c1-3-5-21(6-4-2)16(22)11-7-13-14(20-15(18)9-11)8-12(10-19-13)17(23)24;/h7-8,10H,3-6,9H2,1-2H3,(H3,18,20,22,23,24);/p-1. The van der Waals surface area contributed by atoms with Crippen molar-refractivity contribution in [3.05, 3.63) is 34.8 Å². The number of hydrogen-bond acceptors (Lipinski definition) is 4. The second-order valence-electron chi connectivity index (χ2n) is 5.63. The molecule has 1 aliphatic rings. The van der Waals surface area contributed by atoms with Gasteiger partial charge in [-0.1, -0.05) is 19.7 Å². The van der Waals surface area contributed by atoms with E-state index in [9.17, 15) is 9.59 Å². The van der Waals surface area contributed by atoms with Crippen LogP contribution in [0.4, 0.5) is 5.69 Å². The van der Waals surface area contributed by atoms with Crippen LogP contribution in [-0.4, -0.2) is 45.8 Å². The van der Waals surface area contributed by atoms with Crippen molar-refractivity contribution >= 4 is 29.5 Å². The number of aromatic nitrogens is 1. The van der Waals surface area contributed by atoms with E-state index in [0.717, 1.165) is 12.8 Å². The molecule has 0 saturated heterocycles. The molecule has 1 amide bonds. The molecule has 0 saturated carbocycles. The topological polar surface area (TPSA) is 107 Å². The average molecular weight is 436 g/mol. The van der Waals surface area contributed by atoms with Crippen LogP contribution in [0.5, 0.6) is 0 Å². The largest absolute Gasteiger partial charge is 0.485 e. The van der Waals surface area contributed by atoms with Crippen molar-refractivity contribution < 1.29 is 35.1 Å². The van der Waals surface area contributed by atoms with Gasteiger partial charge in [-0.05, 0) is 37.1 Å². The van der Waals surface area contributed by atoms with Gasteiger partial charge in [-0.25, -0.2) is 4.79 Å². The minimum atomic E-state index is -1.10. The Hall–Kier alpha value is -2.04. The zero-order valence-corrected chi connectivity index (χ0v) is 15.7.